The van der Waals surface area contributed by atoms with Crippen molar-refractivity contribution in [1.82, 2.24) is 4.90 Å². The molecule has 0 spiro atoms. The number of hydrogen-bond acceptors (Lipinski definition) is 1. The second-order valence-corrected chi connectivity index (χ2v) is 5.42. The largest absolute Gasteiger partial charge is 0.302 e. The second kappa shape index (κ2) is 10.8. The van der Waals surface area contributed by atoms with E-state index < -0.39 is 0 Å². The van der Waals surface area contributed by atoms with Gasteiger partial charge < -0.3 is 4.90 Å². The van der Waals surface area contributed by atoms with E-state index in [-0.39, 0.29) is 0 Å². The summed E-state index contributed by atoms with van der Waals surface area (Å²) < 4.78 is 0. The number of allylic oxidation sites excluding steroid dienone is 1. The van der Waals surface area contributed by atoms with E-state index in [0.717, 1.165) is 6.54 Å². The topological polar surface area (TPSA) is 3.24 Å². The van der Waals surface area contributed by atoms with Gasteiger partial charge in [-0.3, -0.25) is 0 Å². The molecule has 0 aliphatic heterocycles. The average molecular weight is 259 g/mol. The van der Waals surface area contributed by atoms with Crippen molar-refractivity contribution in [2.45, 2.75) is 51.5 Å². The van der Waals surface area contributed by atoms with E-state index in [1.54, 1.807) is 0 Å². The molecular formula is C18H29N. The number of hydrogen-bond donors (Lipinski definition) is 0. The summed E-state index contributed by atoms with van der Waals surface area (Å²) in [6.07, 6.45) is 11.4. The van der Waals surface area contributed by atoms with Crippen LogP contribution in [0.5, 0.6) is 0 Å². The van der Waals surface area contributed by atoms with Crippen LogP contribution in [-0.2, 0) is 6.54 Å². The summed E-state index contributed by atoms with van der Waals surface area (Å²) in [6.45, 7) is 6.04. The maximum absolute atomic E-state index is 3.76. The first kappa shape index (κ1) is 16.0. The molecule has 19 heavy (non-hydrogen) atoms. The molecule has 0 N–H and O–H groups in total. The number of rotatable bonds is 11. The normalized spacial score (nSPS) is 10.8. The highest BCUT2D eigenvalue weighted by molar-refractivity contribution is 5.14. The summed E-state index contributed by atoms with van der Waals surface area (Å²) in [7, 11) is 2.22. The van der Waals surface area contributed by atoms with Crippen LogP contribution < -0.4 is 0 Å². The van der Waals surface area contributed by atoms with Crippen molar-refractivity contribution in [1.29, 1.82) is 0 Å². The zero-order valence-electron chi connectivity index (χ0n) is 12.5. The van der Waals surface area contributed by atoms with Gasteiger partial charge in [-0.05, 0) is 38.4 Å². The van der Waals surface area contributed by atoms with Crippen LogP contribution in [-0.4, -0.2) is 18.5 Å². The third-order valence-corrected chi connectivity index (χ3v) is 3.49. The van der Waals surface area contributed by atoms with Crippen LogP contribution >= 0.6 is 0 Å². The van der Waals surface area contributed by atoms with E-state index in [1.165, 1.54) is 57.1 Å². The predicted molar refractivity (Wildman–Crippen MR) is 85.3 cm³/mol. The van der Waals surface area contributed by atoms with E-state index in [0.29, 0.717) is 0 Å². The Labute approximate surface area is 119 Å². The minimum atomic E-state index is 1.07. The molecule has 1 heteroatoms. The average Bonchev–Trinajstić information content (AvgIpc) is 2.43. The van der Waals surface area contributed by atoms with Crippen LogP contribution in [0.4, 0.5) is 0 Å². The highest BCUT2D eigenvalue weighted by Gasteiger charge is 1.99. The minimum Gasteiger partial charge on any atom is -0.302 e. The molecule has 0 saturated heterocycles. The molecule has 0 aliphatic rings. The molecule has 1 aromatic rings. The number of nitrogens with zero attached hydrogens (tertiary/aromatic N) is 1. The Bertz CT molecular complexity index is 318. The minimum absolute atomic E-state index is 1.07. The van der Waals surface area contributed by atoms with E-state index >= 15 is 0 Å². The number of unbranched alkanes of at least 4 members (excludes halogenated alkanes) is 6. The van der Waals surface area contributed by atoms with E-state index in [9.17, 15) is 0 Å². The summed E-state index contributed by atoms with van der Waals surface area (Å²) in [5.41, 5.74) is 1.41. The van der Waals surface area contributed by atoms with Crippen molar-refractivity contribution < 1.29 is 0 Å². The molecule has 106 valence electrons. The molecule has 0 aromatic heterocycles. The van der Waals surface area contributed by atoms with Gasteiger partial charge in [0, 0.05) is 6.54 Å². The number of benzene rings is 1. The first-order valence-electron chi connectivity index (χ1n) is 7.66. The second-order valence-electron chi connectivity index (χ2n) is 5.42. The van der Waals surface area contributed by atoms with Crippen LogP contribution in [0, 0.1) is 0 Å². The maximum Gasteiger partial charge on any atom is 0.0230 e. The Hall–Kier alpha value is -1.08. The first-order valence-corrected chi connectivity index (χ1v) is 7.66. The van der Waals surface area contributed by atoms with Crippen LogP contribution in [0.2, 0.25) is 0 Å². The summed E-state index contributed by atoms with van der Waals surface area (Å²) in [5.74, 6) is 0. The van der Waals surface area contributed by atoms with Gasteiger partial charge in [-0.15, -0.1) is 6.58 Å². The molecule has 0 radical (unpaired) electrons. The lowest BCUT2D eigenvalue weighted by Gasteiger charge is -2.16. The molecule has 0 heterocycles. The molecule has 1 aromatic carbocycles. The van der Waals surface area contributed by atoms with E-state index in [1.807, 2.05) is 6.08 Å². The Morgan fingerprint density at radius 3 is 2.26 bits per heavy atom. The lowest BCUT2D eigenvalue weighted by atomic mass is 10.1. The van der Waals surface area contributed by atoms with Gasteiger partial charge in [0.25, 0.3) is 0 Å². The van der Waals surface area contributed by atoms with Gasteiger partial charge in [0.2, 0.25) is 0 Å². The van der Waals surface area contributed by atoms with Crippen LogP contribution in [0.25, 0.3) is 0 Å². The zero-order valence-corrected chi connectivity index (χ0v) is 12.5. The van der Waals surface area contributed by atoms with Crippen molar-refractivity contribution >= 4 is 0 Å². The van der Waals surface area contributed by atoms with Crippen molar-refractivity contribution in [3.63, 3.8) is 0 Å². The van der Waals surface area contributed by atoms with E-state index in [2.05, 4.69) is 48.9 Å². The molecule has 0 bridgehead atoms. The Balaban J connectivity index is 1.96. The molecule has 1 rings (SSSR count). The molecular weight excluding hydrogens is 230 g/mol. The van der Waals surface area contributed by atoms with Gasteiger partial charge in [0.05, 0.1) is 0 Å². The van der Waals surface area contributed by atoms with Crippen molar-refractivity contribution in [3.8, 4) is 0 Å². The molecule has 0 aliphatic carbocycles. The van der Waals surface area contributed by atoms with Crippen LogP contribution in [0.15, 0.2) is 43.0 Å². The SMILES string of the molecule is C=CCCCCCCCCN(C)Cc1ccccc1. The fraction of sp³-hybridized carbons (Fsp3) is 0.556. The highest BCUT2D eigenvalue weighted by atomic mass is 15.1. The highest BCUT2D eigenvalue weighted by Crippen LogP contribution is 2.09. The smallest absolute Gasteiger partial charge is 0.0230 e. The molecule has 0 unspecified atom stereocenters. The molecule has 0 saturated carbocycles. The van der Waals surface area contributed by atoms with Crippen molar-refractivity contribution in [2.75, 3.05) is 13.6 Å². The maximum atomic E-state index is 3.76. The molecule has 0 amide bonds. The lowest BCUT2D eigenvalue weighted by molar-refractivity contribution is 0.316. The van der Waals surface area contributed by atoms with Crippen LogP contribution in [0.1, 0.15) is 50.5 Å². The summed E-state index contributed by atoms with van der Waals surface area (Å²) in [6, 6.07) is 10.7. The van der Waals surface area contributed by atoms with Gasteiger partial charge in [0.1, 0.15) is 0 Å². The zero-order chi connectivity index (χ0) is 13.8. The Morgan fingerprint density at radius 2 is 1.58 bits per heavy atom. The summed E-state index contributed by atoms with van der Waals surface area (Å²) >= 11 is 0. The quantitative estimate of drug-likeness (QED) is 0.398. The fourth-order valence-electron chi connectivity index (χ4n) is 2.35. The van der Waals surface area contributed by atoms with Gasteiger partial charge in [0.15, 0.2) is 0 Å². The van der Waals surface area contributed by atoms with Gasteiger partial charge in [-0.25, -0.2) is 0 Å². The molecule has 1 nitrogen and oxygen atoms in total. The Morgan fingerprint density at radius 1 is 0.947 bits per heavy atom. The summed E-state index contributed by atoms with van der Waals surface area (Å²) in [4.78, 5) is 2.42. The predicted octanol–water partition coefficient (Wildman–Crippen LogP) is 5.04. The van der Waals surface area contributed by atoms with Gasteiger partial charge in [-0.2, -0.15) is 0 Å². The first-order chi connectivity index (χ1) is 9.33. The fourth-order valence-corrected chi connectivity index (χ4v) is 2.35. The lowest BCUT2D eigenvalue weighted by Crippen LogP contribution is -2.18. The van der Waals surface area contributed by atoms with Crippen molar-refractivity contribution in [2.24, 2.45) is 0 Å². The summed E-state index contributed by atoms with van der Waals surface area (Å²) in [5, 5.41) is 0. The van der Waals surface area contributed by atoms with E-state index in [4.69, 9.17) is 0 Å². The standard InChI is InChI=1S/C18H29N/c1-3-4-5-6-7-8-9-13-16-19(2)17-18-14-11-10-12-15-18/h3,10-12,14-15H,1,4-9,13,16-17H2,2H3. The molecule has 0 atom stereocenters. The monoisotopic (exact) mass is 259 g/mol. The van der Waals surface area contributed by atoms with Crippen molar-refractivity contribution in [3.05, 3.63) is 48.6 Å². The Kier molecular flexibility index (Phi) is 9.09. The third-order valence-electron chi connectivity index (χ3n) is 3.49. The third kappa shape index (κ3) is 8.61. The van der Waals surface area contributed by atoms with Crippen LogP contribution in [0.3, 0.4) is 0 Å². The van der Waals surface area contributed by atoms with Gasteiger partial charge in [-0.1, -0.05) is 62.1 Å². The van der Waals surface area contributed by atoms with Gasteiger partial charge >= 0.3 is 0 Å². The molecule has 0 fully saturated rings.